The molecule has 0 aliphatic rings. The SMILES string of the molecule is CC(C)N(c1ccccc1)c1ccc(C#Cc2ccccc2)cc1. The monoisotopic (exact) mass is 311 g/mol. The lowest BCUT2D eigenvalue weighted by molar-refractivity contribution is 0.789. The van der Waals surface area contributed by atoms with Gasteiger partial charge in [0, 0.05) is 28.5 Å². The number of anilines is 2. The number of nitrogens with zero attached hydrogens (tertiary/aromatic N) is 1. The van der Waals surface area contributed by atoms with Crippen LogP contribution in [0.5, 0.6) is 0 Å². The molecule has 118 valence electrons. The summed E-state index contributed by atoms with van der Waals surface area (Å²) in [4.78, 5) is 2.33. The summed E-state index contributed by atoms with van der Waals surface area (Å²) in [6.07, 6.45) is 0. The molecule has 0 N–H and O–H groups in total. The fraction of sp³-hybridized carbons (Fsp3) is 0.130. The van der Waals surface area contributed by atoms with Crippen LogP contribution in [0.3, 0.4) is 0 Å². The first-order chi connectivity index (χ1) is 11.7. The van der Waals surface area contributed by atoms with E-state index in [9.17, 15) is 0 Å². The van der Waals surface area contributed by atoms with E-state index in [1.165, 1.54) is 11.4 Å². The molecule has 0 saturated carbocycles. The first-order valence-electron chi connectivity index (χ1n) is 8.25. The average Bonchev–Trinajstić information content (AvgIpc) is 2.63. The topological polar surface area (TPSA) is 3.24 Å². The maximum atomic E-state index is 3.23. The van der Waals surface area contributed by atoms with E-state index in [1.807, 2.05) is 36.4 Å². The van der Waals surface area contributed by atoms with E-state index in [2.05, 4.69) is 79.1 Å². The molecule has 0 aromatic heterocycles. The molecule has 0 aliphatic heterocycles. The highest BCUT2D eigenvalue weighted by Gasteiger charge is 2.12. The molecule has 0 spiro atoms. The maximum absolute atomic E-state index is 3.23. The number of rotatable bonds is 3. The van der Waals surface area contributed by atoms with E-state index >= 15 is 0 Å². The second-order valence-corrected chi connectivity index (χ2v) is 5.96. The summed E-state index contributed by atoms with van der Waals surface area (Å²) in [6, 6.07) is 29.4. The van der Waals surface area contributed by atoms with Crippen LogP contribution in [-0.2, 0) is 0 Å². The fourth-order valence-electron chi connectivity index (χ4n) is 2.71. The molecule has 0 aliphatic carbocycles. The van der Waals surface area contributed by atoms with Gasteiger partial charge in [0.15, 0.2) is 0 Å². The van der Waals surface area contributed by atoms with Crippen molar-refractivity contribution >= 4 is 11.4 Å². The minimum absolute atomic E-state index is 0.383. The van der Waals surface area contributed by atoms with Crippen molar-refractivity contribution in [1.29, 1.82) is 0 Å². The molecule has 3 aromatic carbocycles. The molecule has 0 amide bonds. The lowest BCUT2D eigenvalue weighted by atomic mass is 10.1. The molecule has 0 fully saturated rings. The third-order valence-corrected chi connectivity index (χ3v) is 3.82. The van der Waals surface area contributed by atoms with Crippen LogP contribution >= 0.6 is 0 Å². The highest BCUT2D eigenvalue weighted by molar-refractivity contribution is 5.64. The predicted molar refractivity (Wildman–Crippen MR) is 103 cm³/mol. The second-order valence-electron chi connectivity index (χ2n) is 5.96. The molecular formula is C23H21N. The number of benzene rings is 3. The Morgan fingerprint density at radius 3 is 1.58 bits per heavy atom. The third-order valence-electron chi connectivity index (χ3n) is 3.82. The van der Waals surface area contributed by atoms with Crippen molar-refractivity contribution in [3.05, 3.63) is 96.1 Å². The van der Waals surface area contributed by atoms with Gasteiger partial charge < -0.3 is 4.90 Å². The molecule has 0 saturated heterocycles. The highest BCUT2D eigenvalue weighted by atomic mass is 15.2. The van der Waals surface area contributed by atoms with Gasteiger partial charge in [0.2, 0.25) is 0 Å². The average molecular weight is 311 g/mol. The van der Waals surface area contributed by atoms with E-state index in [-0.39, 0.29) is 0 Å². The Balaban J connectivity index is 1.84. The van der Waals surface area contributed by atoms with E-state index in [1.54, 1.807) is 0 Å². The lowest BCUT2D eigenvalue weighted by Crippen LogP contribution is -2.25. The Kier molecular flexibility index (Phi) is 4.99. The standard InChI is InChI=1S/C23H21N/c1-19(2)24(22-11-7-4-8-12-22)23-17-15-21(16-18-23)14-13-20-9-5-3-6-10-20/h3-12,15-19H,1-2H3. The summed E-state index contributed by atoms with van der Waals surface area (Å²) < 4.78 is 0. The maximum Gasteiger partial charge on any atom is 0.0414 e. The van der Waals surface area contributed by atoms with Gasteiger partial charge in [0.05, 0.1) is 0 Å². The quantitative estimate of drug-likeness (QED) is 0.566. The van der Waals surface area contributed by atoms with Crippen molar-refractivity contribution in [1.82, 2.24) is 0 Å². The first kappa shape index (κ1) is 15.9. The molecule has 0 unspecified atom stereocenters. The summed E-state index contributed by atoms with van der Waals surface area (Å²) in [5, 5.41) is 0. The molecule has 1 heteroatoms. The normalized spacial score (nSPS) is 10.1. The first-order valence-corrected chi connectivity index (χ1v) is 8.25. The van der Waals surface area contributed by atoms with Crippen LogP contribution in [0, 0.1) is 11.8 Å². The zero-order valence-electron chi connectivity index (χ0n) is 14.1. The van der Waals surface area contributed by atoms with Crippen molar-refractivity contribution < 1.29 is 0 Å². The van der Waals surface area contributed by atoms with Gasteiger partial charge >= 0.3 is 0 Å². The molecule has 1 nitrogen and oxygen atoms in total. The largest absolute Gasteiger partial charge is 0.339 e. The van der Waals surface area contributed by atoms with Crippen molar-refractivity contribution in [3.8, 4) is 11.8 Å². The van der Waals surface area contributed by atoms with Gasteiger partial charge in [-0.2, -0.15) is 0 Å². The molecule has 0 heterocycles. The zero-order chi connectivity index (χ0) is 16.8. The van der Waals surface area contributed by atoms with Crippen LogP contribution in [0.4, 0.5) is 11.4 Å². The van der Waals surface area contributed by atoms with Crippen LogP contribution in [-0.4, -0.2) is 6.04 Å². The van der Waals surface area contributed by atoms with Gasteiger partial charge in [0.1, 0.15) is 0 Å². The molecule has 0 bridgehead atoms. The Labute approximate surface area is 144 Å². The molecule has 0 radical (unpaired) electrons. The fourth-order valence-corrected chi connectivity index (χ4v) is 2.71. The van der Waals surface area contributed by atoms with Gasteiger partial charge in [-0.05, 0) is 62.4 Å². The number of hydrogen-bond acceptors (Lipinski definition) is 1. The van der Waals surface area contributed by atoms with Gasteiger partial charge in [-0.3, -0.25) is 0 Å². The van der Waals surface area contributed by atoms with Gasteiger partial charge in [-0.15, -0.1) is 0 Å². The Morgan fingerprint density at radius 1 is 0.583 bits per heavy atom. The van der Waals surface area contributed by atoms with Gasteiger partial charge in [-0.1, -0.05) is 48.2 Å². The molecule has 24 heavy (non-hydrogen) atoms. The zero-order valence-corrected chi connectivity index (χ0v) is 14.1. The van der Waals surface area contributed by atoms with Crippen molar-refractivity contribution in [3.63, 3.8) is 0 Å². The van der Waals surface area contributed by atoms with Gasteiger partial charge in [0.25, 0.3) is 0 Å². The highest BCUT2D eigenvalue weighted by Crippen LogP contribution is 2.27. The van der Waals surface area contributed by atoms with E-state index in [0.29, 0.717) is 6.04 Å². The predicted octanol–water partition coefficient (Wildman–Crippen LogP) is 5.63. The lowest BCUT2D eigenvalue weighted by Gasteiger charge is -2.29. The van der Waals surface area contributed by atoms with Crippen molar-refractivity contribution in [2.24, 2.45) is 0 Å². The summed E-state index contributed by atoms with van der Waals surface area (Å²) >= 11 is 0. The van der Waals surface area contributed by atoms with E-state index in [4.69, 9.17) is 0 Å². The Morgan fingerprint density at radius 2 is 1.04 bits per heavy atom. The third kappa shape index (κ3) is 3.86. The summed E-state index contributed by atoms with van der Waals surface area (Å²) in [5.41, 5.74) is 4.45. The van der Waals surface area contributed by atoms with E-state index in [0.717, 1.165) is 11.1 Å². The number of hydrogen-bond donors (Lipinski definition) is 0. The number of para-hydroxylation sites is 1. The van der Waals surface area contributed by atoms with Crippen LogP contribution in [0.1, 0.15) is 25.0 Å². The molecular weight excluding hydrogens is 290 g/mol. The van der Waals surface area contributed by atoms with Crippen molar-refractivity contribution in [2.75, 3.05) is 4.90 Å². The summed E-state index contributed by atoms with van der Waals surface area (Å²) in [7, 11) is 0. The molecule has 0 atom stereocenters. The second kappa shape index (κ2) is 7.53. The minimum Gasteiger partial charge on any atom is -0.339 e. The van der Waals surface area contributed by atoms with Crippen molar-refractivity contribution in [2.45, 2.75) is 19.9 Å². The van der Waals surface area contributed by atoms with Crippen LogP contribution < -0.4 is 4.90 Å². The molecule has 3 rings (SSSR count). The Bertz CT molecular complexity index is 822. The van der Waals surface area contributed by atoms with E-state index < -0.39 is 0 Å². The Hall–Kier alpha value is -2.98. The summed E-state index contributed by atoms with van der Waals surface area (Å²) in [5.74, 6) is 6.43. The smallest absolute Gasteiger partial charge is 0.0414 e. The molecule has 3 aromatic rings. The minimum atomic E-state index is 0.383. The van der Waals surface area contributed by atoms with Crippen LogP contribution in [0.15, 0.2) is 84.9 Å². The van der Waals surface area contributed by atoms with Crippen LogP contribution in [0.25, 0.3) is 0 Å². The van der Waals surface area contributed by atoms with Gasteiger partial charge in [-0.25, -0.2) is 0 Å². The summed E-state index contributed by atoms with van der Waals surface area (Å²) in [6.45, 7) is 4.41. The van der Waals surface area contributed by atoms with Crippen LogP contribution in [0.2, 0.25) is 0 Å².